The Morgan fingerprint density at radius 1 is 1.08 bits per heavy atom. The Balaban J connectivity index is 2.39. The van der Waals surface area contributed by atoms with E-state index in [-0.39, 0.29) is 29.8 Å². The lowest BCUT2D eigenvalue weighted by Crippen LogP contribution is -2.26. The zero-order chi connectivity index (χ0) is 18.2. The van der Waals surface area contributed by atoms with E-state index in [0.29, 0.717) is 31.9 Å². The molecule has 1 saturated heterocycles. The van der Waals surface area contributed by atoms with E-state index in [9.17, 15) is 9.59 Å². The first-order valence-electron chi connectivity index (χ1n) is 8.33. The van der Waals surface area contributed by atoms with Crippen molar-refractivity contribution in [3.8, 4) is 17.2 Å². The van der Waals surface area contributed by atoms with Gasteiger partial charge < -0.3 is 18.9 Å². The number of hydroxylamine groups is 2. The largest absolute Gasteiger partial charge is 0.514 e. The molecule has 0 bridgehead atoms. The minimum atomic E-state index is -0.869. The number of carbonyl (C=O) groups is 2. The second kappa shape index (κ2) is 9.12. The van der Waals surface area contributed by atoms with Gasteiger partial charge in [-0.05, 0) is 39.3 Å². The van der Waals surface area contributed by atoms with Crippen LogP contribution in [-0.2, 0) is 9.57 Å². The number of carbonyl (C=O) groups excluding carboxylic acids is 2. The zero-order valence-electron chi connectivity index (χ0n) is 14.7. The summed E-state index contributed by atoms with van der Waals surface area (Å²) in [5, 5.41) is 1.30. The average Bonchev–Trinajstić information content (AvgIpc) is 3.12. The predicted molar refractivity (Wildman–Crippen MR) is 88.0 cm³/mol. The number of ether oxygens (including phenoxy) is 4. The molecule has 1 heterocycles. The quantitative estimate of drug-likeness (QED) is 0.550. The average molecular weight is 353 g/mol. The standard InChI is InChI=1S/C17H23NO7/c1-4-21-13-10-12(16(19)18-8-7-9-24-18)11-14(22-5-2)15(13)25-17(20)23-6-3/h10-11H,4-9H2,1-3H3. The Labute approximate surface area is 146 Å². The van der Waals surface area contributed by atoms with Crippen molar-refractivity contribution in [2.75, 3.05) is 33.0 Å². The van der Waals surface area contributed by atoms with E-state index in [1.807, 2.05) is 0 Å². The highest BCUT2D eigenvalue weighted by molar-refractivity contribution is 5.95. The lowest BCUT2D eigenvalue weighted by atomic mass is 10.1. The van der Waals surface area contributed by atoms with Gasteiger partial charge in [0.1, 0.15) is 0 Å². The van der Waals surface area contributed by atoms with Crippen LogP contribution >= 0.6 is 0 Å². The van der Waals surface area contributed by atoms with Crippen LogP contribution in [0.4, 0.5) is 4.79 Å². The fourth-order valence-corrected chi connectivity index (χ4v) is 2.31. The molecular weight excluding hydrogens is 330 g/mol. The predicted octanol–water partition coefficient (Wildman–Crippen LogP) is 2.80. The first-order chi connectivity index (χ1) is 12.1. The Kier molecular flexibility index (Phi) is 6.88. The van der Waals surface area contributed by atoms with E-state index in [0.717, 1.165) is 6.42 Å². The first-order valence-corrected chi connectivity index (χ1v) is 8.33. The van der Waals surface area contributed by atoms with Crippen molar-refractivity contribution in [1.82, 2.24) is 5.06 Å². The van der Waals surface area contributed by atoms with Gasteiger partial charge in [0, 0.05) is 5.56 Å². The third-order valence-electron chi connectivity index (χ3n) is 3.29. The summed E-state index contributed by atoms with van der Waals surface area (Å²) in [7, 11) is 0. The number of nitrogens with zero attached hydrogens (tertiary/aromatic N) is 1. The molecule has 1 amide bonds. The highest BCUT2D eigenvalue weighted by Crippen LogP contribution is 2.39. The molecule has 0 aromatic heterocycles. The van der Waals surface area contributed by atoms with Gasteiger partial charge in [-0.3, -0.25) is 9.63 Å². The van der Waals surface area contributed by atoms with Gasteiger partial charge in [-0.2, -0.15) is 0 Å². The monoisotopic (exact) mass is 353 g/mol. The fourth-order valence-electron chi connectivity index (χ4n) is 2.31. The highest BCUT2D eigenvalue weighted by atomic mass is 16.7. The van der Waals surface area contributed by atoms with E-state index >= 15 is 0 Å². The van der Waals surface area contributed by atoms with Gasteiger partial charge in [-0.25, -0.2) is 9.86 Å². The maximum Gasteiger partial charge on any atom is 0.514 e. The maximum atomic E-state index is 12.6. The number of amides is 1. The molecule has 1 aliphatic heterocycles. The van der Waals surface area contributed by atoms with Crippen LogP contribution in [0.3, 0.4) is 0 Å². The summed E-state index contributed by atoms with van der Waals surface area (Å²) in [4.78, 5) is 29.5. The van der Waals surface area contributed by atoms with Crippen molar-refractivity contribution in [3.05, 3.63) is 17.7 Å². The summed E-state index contributed by atoms with van der Waals surface area (Å²) >= 11 is 0. The Morgan fingerprint density at radius 3 is 2.20 bits per heavy atom. The van der Waals surface area contributed by atoms with Crippen molar-refractivity contribution in [1.29, 1.82) is 0 Å². The summed E-state index contributed by atoms with van der Waals surface area (Å²) in [6.07, 6.45) is -0.0850. The van der Waals surface area contributed by atoms with E-state index in [4.69, 9.17) is 23.8 Å². The SMILES string of the molecule is CCOC(=O)Oc1c(OCC)cc(C(=O)N2CCCO2)cc1OCC. The van der Waals surface area contributed by atoms with Crippen molar-refractivity contribution in [3.63, 3.8) is 0 Å². The number of benzene rings is 1. The molecule has 0 unspecified atom stereocenters. The molecule has 1 aromatic carbocycles. The molecule has 1 aliphatic rings. The van der Waals surface area contributed by atoms with Gasteiger partial charge in [-0.15, -0.1) is 0 Å². The second-order valence-corrected chi connectivity index (χ2v) is 5.05. The van der Waals surface area contributed by atoms with E-state index < -0.39 is 6.16 Å². The molecule has 25 heavy (non-hydrogen) atoms. The Bertz CT molecular complexity index is 584. The van der Waals surface area contributed by atoms with Gasteiger partial charge >= 0.3 is 6.16 Å². The van der Waals surface area contributed by atoms with Crippen LogP contribution < -0.4 is 14.2 Å². The lowest BCUT2D eigenvalue weighted by molar-refractivity contribution is -0.0768. The molecule has 0 atom stereocenters. The van der Waals surface area contributed by atoms with Gasteiger partial charge in [0.25, 0.3) is 5.91 Å². The maximum absolute atomic E-state index is 12.6. The van der Waals surface area contributed by atoms with Crippen LogP contribution in [0.25, 0.3) is 0 Å². The van der Waals surface area contributed by atoms with E-state index in [1.54, 1.807) is 20.8 Å². The topological polar surface area (TPSA) is 83.5 Å². The normalized spacial score (nSPS) is 13.5. The molecule has 1 fully saturated rings. The molecule has 0 spiro atoms. The molecule has 0 N–H and O–H groups in total. The first kappa shape index (κ1) is 18.9. The molecule has 0 radical (unpaired) electrons. The number of hydrogen-bond donors (Lipinski definition) is 0. The highest BCUT2D eigenvalue weighted by Gasteiger charge is 2.26. The summed E-state index contributed by atoms with van der Waals surface area (Å²) < 4.78 is 21.1. The van der Waals surface area contributed by atoms with Gasteiger partial charge in [-0.1, -0.05) is 0 Å². The van der Waals surface area contributed by atoms with E-state index in [1.165, 1.54) is 17.2 Å². The Morgan fingerprint density at radius 2 is 1.72 bits per heavy atom. The summed E-state index contributed by atoms with van der Waals surface area (Å²) in [5.41, 5.74) is 0.324. The van der Waals surface area contributed by atoms with Gasteiger partial charge in [0.2, 0.25) is 5.75 Å². The molecule has 138 valence electrons. The van der Waals surface area contributed by atoms with Crippen LogP contribution in [0.15, 0.2) is 12.1 Å². The minimum absolute atomic E-state index is 0.0843. The van der Waals surface area contributed by atoms with Crippen molar-refractivity contribution in [2.45, 2.75) is 27.2 Å². The molecule has 2 rings (SSSR count). The zero-order valence-corrected chi connectivity index (χ0v) is 14.7. The molecule has 0 saturated carbocycles. The van der Waals surface area contributed by atoms with Crippen LogP contribution in [0, 0.1) is 0 Å². The molecule has 0 aliphatic carbocycles. The number of hydrogen-bond acceptors (Lipinski definition) is 7. The van der Waals surface area contributed by atoms with Gasteiger partial charge in [0.05, 0.1) is 33.0 Å². The number of rotatable bonds is 7. The van der Waals surface area contributed by atoms with Crippen molar-refractivity contribution >= 4 is 12.1 Å². The lowest BCUT2D eigenvalue weighted by Gasteiger charge is -2.18. The smallest absolute Gasteiger partial charge is 0.490 e. The third-order valence-corrected chi connectivity index (χ3v) is 3.29. The van der Waals surface area contributed by atoms with Crippen LogP contribution in [0.2, 0.25) is 0 Å². The van der Waals surface area contributed by atoms with E-state index in [2.05, 4.69) is 0 Å². The van der Waals surface area contributed by atoms with Crippen molar-refractivity contribution < 1.29 is 33.4 Å². The molecule has 8 heteroatoms. The fraction of sp³-hybridized carbons (Fsp3) is 0.529. The van der Waals surface area contributed by atoms with Crippen LogP contribution in [0.5, 0.6) is 17.2 Å². The molecule has 8 nitrogen and oxygen atoms in total. The third kappa shape index (κ3) is 4.76. The van der Waals surface area contributed by atoms with Crippen LogP contribution in [0.1, 0.15) is 37.6 Å². The Hall–Kier alpha value is -2.48. The van der Waals surface area contributed by atoms with Crippen LogP contribution in [-0.4, -0.2) is 50.1 Å². The molecule has 1 aromatic rings. The summed E-state index contributed by atoms with van der Waals surface area (Å²) in [6.45, 7) is 7.09. The summed E-state index contributed by atoms with van der Waals surface area (Å²) in [5.74, 6) is 0.233. The van der Waals surface area contributed by atoms with Gasteiger partial charge in [0.15, 0.2) is 11.5 Å². The minimum Gasteiger partial charge on any atom is -0.490 e. The summed E-state index contributed by atoms with van der Waals surface area (Å²) in [6, 6.07) is 3.01. The van der Waals surface area contributed by atoms with Crippen molar-refractivity contribution in [2.24, 2.45) is 0 Å². The molecular formula is C17H23NO7. The second-order valence-electron chi connectivity index (χ2n) is 5.05.